The summed E-state index contributed by atoms with van der Waals surface area (Å²) in [6.45, 7) is 2.51. The molecule has 1 N–H and O–H groups in total. The molecule has 0 radical (unpaired) electrons. The number of non-ortho nitro benzene ring substituents is 1. The zero-order valence-corrected chi connectivity index (χ0v) is 10.8. The summed E-state index contributed by atoms with van der Waals surface area (Å²) in [5.74, 6) is 0.508. The molecule has 6 heteroatoms. The predicted molar refractivity (Wildman–Crippen MR) is 71.6 cm³/mol. The van der Waals surface area contributed by atoms with E-state index < -0.39 is 4.92 Å². The van der Waals surface area contributed by atoms with Gasteiger partial charge in [-0.05, 0) is 25.6 Å². The highest BCUT2D eigenvalue weighted by molar-refractivity contribution is 5.63. The molecule has 0 saturated carbocycles. The van der Waals surface area contributed by atoms with Gasteiger partial charge in [0.25, 0.3) is 5.69 Å². The van der Waals surface area contributed by atoms with Gasteiger partial charge in [0.1, 0.15) is 0 Å². The minimum atomic E-state index is -0.416. The van der Waals surface area contributed by atoms with Gasteiger partial charge >= 0.3 is 0 Å². The van der Waals surface area contributed by atoms with Crippen LogP contribution in [0.3, 0.4) is 0 Å². The SMILES string of the molecule is CNCc1ccnc(-c2cc([N+](=O)[O-])ccc2C)n1. The number of nitro benzene ring substituents is 1. The van der Waals surface area contributed by atoms with Crippen molar-refractivity contribution in [1.82, 2.24) is 15.3 Å². The molecule has 1 aromatic heterocycles. The maximum Gasteiger partial charge on any atom is 0.270 e. The Morgan fingerprint density at radius 1 is 1.37 bits per heavy atom. The second kappa shape index (κ2) is 5.53. The molecule has 1 aromatic carbocycles. The van der Waals surface area contributed by atoms with Crippen LogP contribution in [-0.2, 0) is 6.54 Å². The molecule has 0 aliphatic rings. The van der Waals surface area contributed by atoms with Crippen LogP contribution >= 0.6 is 0 Å². The van der Waals surface area contributed by atoms with Crippen LogP contribution in [0, 0.1) is 17.0 Å². The molecule has 0 amide bonds. The second-order valence-corrected chi connectivity index (χ2v) is 4.16. The van der Waals surface area contributed by atoms with Gasteiger partial charge < -0.3 is 5.32 Å². The lowest BCUT2D eigenvalue weighted by molar-refractivity contribution is -0.384. The molecule has 1 heterocycles. The van der Waals surface area contributed by atoms with Crippen LogP contribution in [0.15, 0.2) is 30.5 Å². The Bertz CT molecular complexity index is 613. The van der Waals surface area contributed by atoms with E-state index in [0.29, 0.717) is 17.9 Å². The standard InChI is InChI=1S/C13H14N4O2/c1-9-3-4-11(17(18)19)7-12(9)13-15-6-5-10(16-13)8-14-2/h3-7,14H,8H2,1-2H3. The molecule has 0 aliphatic heterocycles. The third-order valence-electron chi connectivity index (χ3n) is 2.74. The third kappa shape index (κ3) is 2.92. The molecule has 0 spiro atoms. The Kier molecular flexibility index (Phi) is 3.82. The normalized spacial score (nSPS) is 10.4. The fourth-order valence-corrected chi connectivity index (χ4v) is 1.77. The van der Waals surface area contributed by atoms with Crippen molar-refractivity contribution >= 4 is 5.69 Å². The fourth-order valence-electron chi connectivity index (χ4n) is 1.77. The first-order valence-electron chi connectivity index (χ1n) is 5.83. The number of nitrogens with one attached hydrogen (secondary N) is 1. The van der Waals surface area contributed by atoms with Gasteiger partial charge in [-0.2, -0.15) is 0 Å². The Morgan fingerprint density at radius 3 is 2.84 bits per heavy atom. The van der Waals surface area contributed by atoms with Crippen molar-refractivity contribution < 1.29 is 4.92 Å². The molecule has 0 aliphatic carbocycles. The van der Waals surface area contributed by atoms with Crippen molar-refractivity contribution in [2.45, 2.75) is 13.5 Å². The van der Waals surface area contributed by atoms with E-state index in [4.69, 9.17) is 0 Å². The van der Waals surface area contributed by atoms with Gasteiger partial charge in [-0.3, -0.25) is 10.1 Å². The zero-order chi connectivity index (χ0) is 13.8. The zero-order valence-electron chi connectivity index (χ0n) is 10.8. The minimum absolute atomic E-state index is 0.0446. The van der Waals surface area contributed by atoms with E-state index in [1.807, 2.05) is 20.0 Å². The molecule has 0 atom stereocenters. The van der Waals surface area contributed by atoms with E-state index in [9.17, 15) is 10.1 Å². The molecule has 2 rings (SSSR count). The van der Waals surface area contributed by atoms with Crippen LogP contribution in [0.5, 0.6) is 0 Å². The topological polar surface area (TPSA) is 81.0 Å². The lowest BCUT2D eigenvalue weighted by atomic mass is 10.1. The predicted octanol–water partition coefficient (Wildman–Crippen LogP) is 2.08. The number of aromatic nitrogens is 2. The van der Waals surface area contributed by atoms with E-state index in [2.05, 4.69) is 15.3 Å². The molecule has 0 bridgehead atoms. The lowest BCUT2D eigenvalue weighted by Crippen LogP contribution is -2.07. The summed E-state index contributed by atoms with van der Waals surface area (Å²) in [6.07, 6.45) is 1.66. The van der Waals surface area contributed by atoms with Crippen molar-refractivity contribution in [2.75, 3.05) is 7.05 Å². The average Bonchev–Trinajstić information content (AvgIpc) is 2.39. The molecule has 2 aromatic rings. The number of benzene rings is 1. The van der Waals surface area contributed by atoms with Crippen molar-refractivity contribution in [3.63, 3.8) is 0 Å². The number of rotatable bonds is 4. The van der Waals surface area contributed by atoms with Gasteiger partial charge in [0.15, 0.2) is 5.82 Å². The maximum absolute atomic E-state index is 10.8. The summed E-state index contributed by atoms with van der Waals surface area (Å²) in [4.78, 5) is 19.0. The van der Waals surface area contributed by atoms with Gasteiger partial charge in [0.05, 0.1) is 10.6 Å². The monoisotopic (exact) mass is 258 g/mol. The number of hydrogen-bond acceptors (Lipinski definition) is 5. The molecule has 0 fully saturated rings. The largest absolute Gasteiger partial charge is 0.314 e. The molecule has 0 unspecified atom stereocenters. The third-order valence-corrected chi connectivity index (χ3v) is 2.74. The van der Waals surface area contributed by atoms with Gasteiger partial charge in [-0.1, -0.05) is 6.07 Å². The summed E-state index contributed by atoms with van der Waals surface area (Å²) in [6, 6.07) is 6.51. The first-order chi connectivity index (χ1) is 9.11. The highest BCUT2D eigenvalue weighted by Crippen LogP contribution is 2.24. The first-order valence-corrected chi connectivity index (χ1v) is 5.83. The maximum atomic E-state index is 10.8. The van der Waals surface area contributed by atoms with E-state index >= 15 is 0 Å². The Hall–Kier alpha value is -2.34. The highest BCUT2D eigenvalue weighted by atomic mass is 16.6. The van der Waals surface area contributed by atoms with E-state index in [1.54, 1.807) is 12.3 Å². The van der Waals surface area contributed by atoms with Crippen LogP contribution < -0.4 is 5.32 Å². The minimum Gasteiger partial charge on any atom is -0.314 e. The Balaban J connectivity index is 2.48. The van der Waals surface area contributed by atoms with Crippen molar-refractivity contribution in [2.24, 2.45) is 0 Å². The summed E-state index contributed by atoms with van der Waals surface area (Å²) in [5, 5.41) is 13.8. The Morgan fingerprint density at radius 2 is 2.16 bits per heavy atom. The van der Waals surface area contributed by atoms with E-state index in [0.717, 1.165) is 11.3 Å². The Labute approximate surface area is 110 Å². The van der Waals surface area contributed by atoms with Gasteiger partial charge in [-0.25, -0.2) is 9.97 Å². The smallest absolute Gasteiger partial charge is 0.270 e. The number of nitro groups is 1. The van der Waals surface area contributed by atoms with Gasteiger partial charge in [-0.15, -0.1) is 0 Å². The number of nitrogens with zero attached hydrogens (tertiary/aromatic N) is 3. The summed E-state index contributed by atoms with van der Waals surface area (Å²) in [7, 11) is 1.83. The van der Waals surface area contributed by atoms with Crippen LogP contribution in [0.4, 0.5) is 5.69 Å². The first kappa shape index (κ1) is 13.1. The van der Waals surface area contributed by atoms with Crippen LogP contribution in [-0.4, -0.2) is 21.9 Å². The molecule has 98 valence electrons. The van der Waals surface area contributed by atoms with Gasteiger partial charge in [0.2, 0.25) is 0 Å². The quantitative estimate of drug-likeness (QED) is 0.670. The van der Waals surface area contributed by atoms with Crippen molar-refractivity contribution in [3.8, 4) is 11.4 Å². The van der Waals surface area contributed by atoms with E-state index in [-0.39, 0.29) is 5.69 Å². The molecule has 19 heavy (non-hydrogen) atoms. The number of aryl methyl sites for hydroxylation is 1. The van der Waals surface area contributed by atoms with Crippen molar-refractivity contribution in [1.29, 1.82) is 0 Å². The average molecular weight is 258 g/mol. The molecular weight excluding hydrogens is 244 g/mol. The molecule has 6 nitrogen and oxygen atoms in total. The summed E-state index contributed by atoms with van der Waals surface area (Å²) < 4.78 is 0. The van der Waals surface area contributed by atoms with Crippen LogP contribution in [0.2, 0.25) is 0 Å². The number of hydrogen-bond donors (Lipinski definition) is 1. The van der Waals surface area contributed by atoms with Gasteiger partial charge in [0, 0.05) is 30.4 Å². The van der Waals surface area contributed by atoms with Crippen LogP contribution in [0.25, 0.3) is 11.4 Å². The fraction of sp³-hybridized carbons (Fsp3) is 0.231. The molecular formula is C13H14N4O2. The molecule has 0 saturated heterocycles. The summed E-state index contributed by atoms with van der Waals surface area (Å²) >= 11 is 0. The highest BCUT2D eigenvalue weighted by Gasteiger charge is 2.12. The van der Waals surface area contributed by atoms with E-state index in [1.165, 1.54) is 12.1 Å². The lowest BCUT2D eigenvalue weighted by Gasteiger charge is -2.06. The van der Waals surface area contributed by atoms with Crippen LogP contribution in [0.1, 0.15) is 11.3 Å². The summed E-state index contributed by atoms with van der Waals surface area (Å²) in [5.41, 5.74) is 2.49. The second-order valence-electron chi connectivity index (χ2n) is 4.16. The van der Waals surface area contributed by atoms with Crippen molar-refractivity contribution in [3.05, 3.63) is 51.8 Å².